The van der Waals surface area contributed by atoms with Crippen molar-refractivity contribution in [2.45, 2.75) is 13.5 Å². The molecule has 0 unspecified atom stereocenters. The lowest BCUT2D eigenvalue weighted by molar-refractivity contribution is -0.122. The van der Waals surface area contributed by atoms with E-state index in [9.17, 15) is 14.4 Å². The molecule has 0 atom stereocenters. The predicted octanol–water partition coefficient (Wildman–Crippen LogP) is 6.24. The first-order chi connectivity index (χ1) is 17.3. The second-order valence-electron chi connectivity index (χ2n) is 7.61. The van der Waals surface area contributed by atoms with E-state index in [2.05, 4.69) is 27.9 Å². The number of hydrogen-bond acceptors (Lipinski definition) is 5. The Morgan fingerprint density at radius 1 is 0.972 bits per heavy atom. The van der Waals surface area contributed by atoms with Crippen molar-refractivity contribution < 1.29 is 23.9 Å². The van der Waals surface area contributed by atoms with Gasteiger partial charge in [-0.05, 0) is 95.2 Å². The number of hydrogen-bond donors (Lipinski definition) is 1. The molecule has 1 aliphatic rings. The molecule has 3 aromatic carbocycles. The fraction of sp³-hybridized carbons (Fsp3) is 0.115. The normalized spacial score (nSPS) is 14.7. The highest BCUT2D eigenvalue weighted by molar-refractivity contribution is 14.1. The first kappa shape index (κ1) is 26.0. The number of nitrogens with one attached hydrogen (secondary N) is 1. The molecule has 1 aliphatic heterocycles. The van der Waals surface area contributed by atoms with E-state index in [1.54, 1.807) is 24.3 Å². The zero-order chi connectivity index (χ0) is 25.8. The number of barbiturate groups is 1. The zero-order valence-corrected chi connectivity index (χ0v) is 22.6. The molecule has 36 heavy (non-hydrogen) atoms. The maximum Gasteiger partial charge on any atom is 0.335 e. The number of rotatable bonds is 7. The van der Waals surface area contributed by atoms with Gasteiger partial charge in [-0.1, -0.05) is 35.3 Å². The summed E-state index contributed by atoms with van der Waals surface area (Å²) in [6, 6.07) is 16.3. The van der Waals surface area contributed by atoms with Crippen LogP contribution in [0.3, 0.4) is 0 Å². The van der Waals surface area contributed by atoms with E-state index in [0.29, 0.717) is 28.7 Å². The molecule has 0 saturated carbocycles. The molecule has 0 aromatic heterocycles. The molecule has 0 bridgehead atoms. The van der Waals surface area contributed by atoms with Crippen molar-refractivity contribution in [3.63, 3.8) is 0 Å². The fourth-order valence-corrected chi connectivity index (χ4v) is 4.22. The van der Waals surface area contributed by atoms with E-state index in [1.165, 1.54) is 18.2 Å². The van der Waals surface area contributed by atoms with E-state index in [4.69, 9.17) is 32.7 Å². The summed E-state index contributed by atoms with van der Waals surface area (Å²) in [4.78, 5) is 38.9. The third-order valence-corrected chi connectivity index (χ3v) is 6.38. The molecular weight excluding hydrogens is 618 g/mol. The molecular formula is C26H19Cl2IN2O5. The highest BCUT2D eigenvalue weighted by Crippen LogP contribution is 2.38. The van der Waals surface area contributed by atoms with Gasteiger partial charge in [-0.15, -0.1) is 0 Å². The van der Waals surface area contributed by atoms with Crippen LogP contribution in [-0.4, -0.2) is 24.5 Å². The van der Waals surface area contributed by atoms with Crippen LogP contribution >= 0.6 is 45.8 Å². The topological polar surface area (TPSA) is 84.9 Å². The Hall–Kier alpha value is -3.08. The lowest BCUT2D eigenvalue weighted by Crippen LogP contribution is -2.54. The molecule has 1 heterocycles. The third-order valence-electron chi connectivity index (χ3n) is 5.13. The van der Waals surface area contributed by atoms with E-state index in [1.807, 2.05) is 31.2 Å². The van der Waals surface area contributed by atoms with Crippen LogP contribution in [0, 0.1) is 3.57 Å². The number of halogens is 3. The second-order valence-corrected chi connectivity index (χ2v) is 9.70. The summed E-state index contributed by atoms with van der Waals surface area (Å²) in [6.07, 6.45) is 1.35. The van der Waals surface area contributed by atoms with E-state index in [0.717, 1.165) is 14.0 Å². The Balaban J connectivity index is 1.65. The van der Waals surface area contributed by atoms with Gasteiger partial charge in [0.2, 0.25) is 0 Å². The molecule has 1 N–H and O–H groups in total. The minimum Gasteiger partial charge on any atom is -0.490 e. The van der Waals surface area contributed by atoms with Crippen molar-refractivity contribution in [1.82, 2.24) is 5.32 Å². The maximum absolute atomic E-state index is 13.1. The smallest absolute Gasteiger partial charge is 0.335 e. The number of nitrogens with zero attached hydrogens (tertiary/aromatic N) is 1. The fourth-order valence-electron chi connectivity index (χ4n) is 3.46. The Labute approximate surface area is 231 Å². The summed E-state index contributed by atoms with van der Waals surface area (Å²) in [5, 5.41) is 2.87. The minimum absolute atomic E-state index is 0.240. The van der Waals surface area contributed by atoms with Crippen LogP contribution in [0.2, 0.25) is 10.0 Å². The number of anilines is 1. The van der Waals surface area contributed by atoms with Gasteiger partial charge in [-0.3, -0.25) is 14.9 Å². The molecule has 3 aromatic rings. The van der Waals surface area contributed by atoms with Gasteiger partial charge in [0.25, 0.3) is 11.8 Å². The number of ether oxygens (including phenoxy) is 2. The lowest BCUT2D eigenvalue weighted by Gasteiger charge is -2.26. The average Bonchev–Trinajstić information content (AvgIpc) is 2.83. The van der Waals surface area contributed by atoms with Crippen LogP contribution in [-0.2, 0) is 16.2 Å². The quantitative estimate of drug-likeness (QED) is 0.189. The summed E-state index contributed by atoms with van der Waals surface area (Å²) < 4.78 is 12.8. The Bertz CT molecular complexity index is 1360. The molecule has 1 fully saturated rings. The molecule has 10 heteroatoms. The van der Waals surface area contributed by atoms with Gasteiger partial charge in [0.05, 0.1) is 17.3 Å². The predicted molar refractivity (Wildman–Crippen MR) is 147 cm³/mol. The van der Waals surface area contributed by atoms with Crippen LogP contribution in [0.4, 0.5) is 10.5 Å². The highest BCUT2D eigenvalue weighted by atomic mass is 127. The number of imide groups is 2. The van der Waals surface area contributed by atoms with Crippen molar-refractivity contribution in [3.05, 3.63) is 91.0 Å². The van der Waals surface area contributed by atoms with Crippen LogP contribution in [0.25, 0.3) is 6.08 Å². The van der Waals surface area contributed by atoms with Crippen LogP contribution in [0.1, 0.15) is 18.1 Å². The molecule has 4 amide bonds. The maximum atomic E-state index is 13.1. The van der Waals surface area contributed by atoms with Crippen molar-refractivity contribution in [3.8, 4) is 11.5 Å². The number of amides is 4. The molecule has 1 saturated heterocycles. The number of benzene rings is 3. The Morgan fingerprint density at radius 3 is 2.33 bits per heavy atom. The summed E-state index contributed by atoms with van der Waals surface area (Å²) in [5.41, 5.74) is 1.41. The van der Waals surface area contributed by atoms with Crippen molar-refractivity contribution in [1.29, 1.82) is 0 Å². The third kappa shape index (κ3) is 5.83. The summed E-state index contributed by atoms with van der Waals surface area (Å²) in [5.74, 6) is -0.893. The van der Waals surface area contributed by atoms with Gasteiger partial charge in [0.1, 0.15) is 12.2 Å². The molecule has 0 aliphatic carbocycles. The molecule has 0 spiro atoms. The molecule has 0 radical (unpaired) electrons. The zero-order valence-electron chi connectivity index (χ0n) is 18.9. The molecule has 4 rings (SSSR count). The first-order valence-corrected chi connectivity index (χ1v) is 12.6. The van der Waals surface area contributed by atoms with Gasteiger partial charge in [-0.2, -0.15) is 0 Å². The summed E-state index contributed by atoms with van der Waals surface area (Å²) in [6.45, 7) is 2.43. The van der Waals surface area contributed by atoms with E-state index >= 15 is 0 Å². The number of carbonyl (C=O) groups is 3. The van der Waals surface area contributed by atoms with Crippen LogP contribution < -0.4 is 19.7 Å². The van der Waals surface area contributed by atoms with Gasteiger partial charge in [-0.25, -0.2) is 9.69 Å². The van der Waals surface area contributed by atoms with Gasteiger partial charge < -0.3 is 9.47 Å². The SMILES string of the molecule is CCOc1cc(/C=C2\C(=O)NC(=O)N(c3ccc(Cl)cc3)C2=O)cc(Cl)c1OCc1ccc(I)cc1. The van der Waals surface area contributed by atoms with Crippen LogP contribution in [0.15, 0.2) is 66.2 Å². The Kier molecular flexibility index (Phi) is 8.17. The van der Waals surface area contributed by atoms with Gasteiger partial charge >= 0.3 is 6.03 Å². The number of carbonyl (C=O) groups excluding carboxylic acids is 3. The van der Waals surface area contributed by atoms with Crippen LogP contribution in [0.5, 0.6) is 11.5 Å². The van der Waals surface area contributed by atoms with Gasteiger partial charge in [0.15, 0.2) is 11.5 Å². The van der Waals surface area contributed by atoms with Crippen molar-refractivity contribution in [2.24, 2.45) is 0 Å². The summed E-state index contributed by atoms with van der Waals surface area (Å²) in [7, 11) is 0. The van der Waals surface area contributed by atoms with E-state index < -0.39 is 17.8 Å². The average molecular weight is 637 g/mol. The standard InChI is InChI=1S/C26H19Cl2IN2O5/c1-2-35-22-13-16(12-21(28)23(22)36-14-15-3-7-18(29)8-4-15)11-20-24(32)30-26(34)31(25(20)33)19-9-5-17(27)6-10-19/h3-13H,2,14H2,1H3,(H,30,32,34)/b20-11+. The Morgan fingerprint density at radius 2 is 1.67 bits per heavy atom. The number of urea groups is 1. The molecule has 184 valence electrons. The van der Waals surface area contributed by atoms with E-state index in [-0.39, 0.29) is 22.9 Å². The minimum atomic E-state index is -0.850. The highest BCUT2D eigenvalue weighted by Gasteiger charge is 2.36. The van der Waals surface area contributed by atoms with Crippen molar-refractivity contribution in [2.75, 3.05) is 11.5 Å². The summed E-state index contributed by atoms with van der Waals surface area (Å²) >= 11 is 14.7. The van der Waals surface area contributed by atoms with Gasteiger partial charge in [0, 0.05) is 8.59 Å². The second kappa shape index (κ2) is 11.3. The largest absolute Gasteiger partial charge is 0.490 e. The first-order valence-electron chi connectivity index (χ1n) is 10.8. The lowest BCUT2D eigenvalue weighted by atomic mass is 10.1. The molecule has 7 nitrogen and oxygen atoms in total. The van der Waals surface area contributed by atoms with Crippen molar-refractivity contribution >= 4 is 75.4 Å². The monoisotopic (exact) mass is 636 g/mol.